The Balaban J connectivity index is 2.43. The van der Waals surface area contributed by atoms with Crippen molar-refractivity contribution < 1.29 is 33.8 Å². The van der Waals surface area contributed by atoms with Crippen LogP contribution in [0.5, 0.6) is 5.75 Å². The van der Waals surface area contributed by atoms with E-state index in [0.717, 1.165) is 12.0 Å². The van der Waals surface area contributed by atoms with Gasteiger partial charge in [0.15, 0.2) is 0 Å². The van der Waals surface area contributed by atoms with Gasteiger partial charge in [-0.05, 0) is 69.9 Å². The van der Waals surface area contributed by atoms with Gasteiger partial charge in [0.25, 0.3) is 0 Å². The highest BCUT2D eigenvalue weighted by Crippen LogP contribution is 2.24. The van der Waals surface area contributed by atoms with Crippen LogP contribution in [0.2, 0.25) is 0 Å². The maximum Gasteiger partial charge on any atom is 0.408 e. The lowest BCUT2D eigenvalue weighted by Crippen LogP contribution is -2.53. The fourth-order valence-corrected chi connectivity index (χ4v) is 4.21. The summed E-state index contributed by atoms with van der Waals surface area (Å²) in [7, 11) is 0. The minimum Gasteiger partial charge on any atom is -0.508 e. The van der Waals surface area contributed by atoms with Gasteiger partial charge in [0.2, 0.25) is 11.8 Å². The number of nitrogens with one attached hydrogen (secondary N) is 2. The number of likely N-dealkylation sites (N-methyl/N-ethyl adjacent to an activating group) is 1. The number of ether oxygens (including phenoxy) is 2. The zero-order valence-electron chi connectivity index (χ0n) is 24.9. The van der Waals surface area contributed by atoms with Crippen molar-refractivity contribution in [3.05, 3.63) is 65.2 Å². The number of carbonyl (C=O) groups excluding carboxylic acids is 4. The Morgan fingerprint density at radius 2 is 1.54 bits per heavy atom. The lowest BCUT2D eigenvalue weighted by Gasteiger charge is -2.34. The number of hydrogen-bond donors (Lipinski definition) is 3. The number of phenols is 1. The van der Waals surface area contributed by atoms with Crippen LogP contribution in [0.3, 0.4) is 0 Å². The molecule has 2 rings (SSSR count). The normalized spacial score (nSPS) is 12.5. The maximum atomic E-state index is 14.1. The van der Waals surface area contributed by atoms with E-state index in [2.05, 4.69) is 10.6 Å². The Hall–Kier alpha value is -4.08. The number of esters is 1. The van der Waals surface area contributed by atoms with Crippen LogP contribution in [0.1, 0.15) is 70.7 Å². The Morgan fingerprint density at radius 1 is 0.927 bits per heavy atom. The van der Waals surface area contributed by atoms with Crippen molar-refractivity contribution in [2.24, 2.45) is 0 Å². The summed E-state index contributed by atoms with van der Waals surface area (Å²) < 4.78 is 10.4. The van der Waals surface area contributed by atoms with E-state index in [4.69, 9.17) is 9.47 Å². The molecule has 0 saturated carbocycles. The second-order valence-corrected chi connectivity index (χ2v) is 10.5. The number of aromatic hydroxyl groups is 1. The van der Waals surface area contributed by atoms with Crippen LogP contribution in [-0.2, 0) is 36.7 Å². The molecule has 10 heteroatoms. The summed E-state index contributed by atoms with van der Waals surface area (Å²) >= 11 is 0. The molecule has 0 fully saturated rings. The molecule has 0 heterocycles. The van der Waals surface area contributed by atoms with E-state index in [9.17, 15) is 24.3 Å². The fourth-order valence-electron chi connectivity index (χ4n) is 4.21. The molecule has 2 unspecified atom stereocenters. The van der Waals surface area contributed by atoms with E-state index in [-0.39, 0.29) is 38.3 Å². The highest BCUT2D eigenvalue weighted by atomic mass is 16.6. The number of aryl methyl sites for hydroxylation is 1. The van der Waals surface area contributed by atoms with Crippen LogP contribution in [0.15, 0.2) is 48.5 Å². The van der Waals surface area contributed by atoms with Crippen molar-refractivity contribution in [3.63, 3.8) is 0 Å². The summed E-state index contributed by atoms with van der Waals surface area (Å²) in [4.78, 5) is 53.7. The minimum atomic E-state index is -1.07. The lowest BCUT2D eigenvalue weighted by molar-refractivity contribution is -0.144. The molecule has 2 aromatic carbocycles. The molecule has 2 aromatic rings. The smallest absolute Gasteiger partial charge is 0.408 e. The summed E-state index contributed by atoms with van der Waals surface area (Å²) in [6, 6.07) is 11.6. The van der Waals surface area contributed by atoms with Gasteiger partial charge in [0.1, 0.15) is 23.4 Å². The molecule has 0 radical (unpaired) electrons. The molecule has 3 amide bonds. The van der Waals surface area contributed by atoms with E-state index in [0.29, 0.717) is 11.1 Å². The third-order valence-corrected chi connectivity index (χ3v) is 6.19. The van der Waals surface area contributed by atoms with E-state index in [1.807, 2.05) is 19.1 Å². The standard InChI is InChI=1S/C31H43N3O7/c1-7-21-10-14-23(15-11-21)27(28(37)32-19-18-26(36)40-9-3)34(8-2)29(38)25(33-30(39)41-31(4,5)6)20-22-12-16-24(35)17-13-22/h10-17,25,27,35H,7-9,18-20H2,1-6H3,(H,32,37)(H,33,39). The lowest BCUT2D eigenvalue weighted by atomic mass is 9.99. The van der Waals surface area contributed by atoms with E-state index in [1.54, 1.807) is 58.9 Å². The Bertz CT molecular complexity index is 1160. The number of phenolic OH excluding ortho intramolecular Hbond substituents is 1. The second kappa shape index (κ2) is 15.6. The highest BCUT2D eigenvalue weighted by molar-refractivity contribution is 5.92. The van der Waals surface area contributed by atoms with Crippen molar-refractivity contribution in [2.75, 3.05) is 19.7 Å². The monoisotopic (exact) mass is 569 g/mol. The molecule has 0 saturated heterocycles. The molecule has 41 heavy (non-hydrogen) atoms. The first-order valence-electron chi connectivity index (χ1n) is 14.0. The van der Waals surface area contributed by atoms with Crippen LogP contribution in [0.25, 0.3) is 0 Å². The first kappa shape index (κ1) is 33.1. The molecule has 0 aliphatic rings. The Kier molecular flexibility index (Phi) is 12.6. The van der Waals surface area contributed by atoms with Gasteiger partial charge in [-0.25, -0.2) is 4.79 Å². The average Bonchev–Trinajstić information content (AvgIpc) is 2.91. The number of alkyl carbamates (subject to hydrolysis) is 1. The summed E-state index contributed by atoms with van der Waals surface area (Å²) in [5.74, 6) is -1.32. The quantitative estimate of drug-likeness (QED) is 0.310. The van der Waals surface area contributed by atoms with Crippen molar-refractivity contribution in [2.45, 2.75) is 78.5 Å². The minimum absolute atomic E-state index is 0.00911. The van der Waals surface area contributed by atoms with Crippen molar-refractivity contribution in [1.29, 1.82) is 0 Å². The Morgan fingerprint density at radius 3 is 2.07 bits per heavy atom. The van der Waals surface area contributed by atoms with Crippen LogP contribution in [0, 0.1) is 0 Å². The summed E-state index contributed by atoms with van der Waals surface area (Å²) in [6.07, 6.45) is 0.126. The van der Waals surface area contributed by atoms with Crippen LogP contribution >= 0.6 is 0 Å². The molecule has 0 bridgehead atoms. The van der Waals surface area contributed by atoms with Crippen molar-refractivity contribution in [1.82, 2.24) is 15.5 Å². The Labute approximate surface area is 242 Å². The molecule has 0 aliphatic heterocycles. The van der Waals surface area contributed by atoms with Crippen LogP contribution in [0.4, 0.5) is 4.79 Å². The number of amides is 3. The number of benzene rings is 2. The molecular formula is C31H43N3O7. The number of nitrogens with zero attached hydrogens (tertiary/aromatic N) is 1. The van der Waals surface area contributed by atoms with Gasteiger partial charge in [-0.3, -0.25) is 14.4 Å². The first-order chi connectivity index (χ1) is 19.4. The molecule has 224 valence electrons. The van der Waals surface area contributed by atoms with Gasteiger partial charge >= 0.3 is 12.1 Å². The molecular weight excluding hydrogens is 526 g/mol. The third-order valence-electron chi connectivity index (χ3n) is 6.19. The van der Waals surface area contributed by atoms with Gasteiger partial charge in [0.05, 0.1) is 13.0 Å². The van der Waals surface area contributed by atoms with E-state index >= 15 is 0 Å². The summed E-state index contributed by atoms with van der Waals surface area (Å²) in [5.41, 5.74) is 1.56. The zero-order chi connectivity index (χ0) is 30.6. The molecule has 0 spiro atoms. The van der Waals surface area contributed by atoms with E-state index in [1.165, 1.54) is 17.0 Å². The third kappa shape index (κ3) is 10.8. The molecule has 3 N–H and O–H groups in total. The SMILES string of the molecule is CCOC(=O)CCNC(=O)C(c1ccc(CC)cc1)N(CC)C(=O)C(Cc1ccc(O)cc1)NC(=O)OC(C)(C)C. The first-order valence-corrected chi connectivity index (χ1v) is 14.0. The number of rotatable bonds is 13. The predicted octanol–water partition coefficient (Wildman–Crippen LogP) is 4.05. The van der Waals surface area contributed by atoms with Crippen molar-refractivity contribution >= 4 is 23.9 Å². The molecule has 0 aromatic heterocycles. The van der Waals surface area contributed by atoms with Crippen LogP contribution in [-0.4, -0.2) is 65.2 Å². The average molecular weight is 570 g/mol. The van der Waals surface area contributed by atoms with Gasteiger partial charge in [-0.15, -0.1) is 0 Å². The zero-order valence-corrected chi connectivity index (χ0v) is 24.9. The predicted molar refractivity (Wildman–Crippen MR) is 155 cm³/mol. The summed E-state index contributed by atoms with van der Waals surface area (Å²) in [5, 5.41) is 15.1. The number of carbonyl (C=O) groups is 4. The second-order valence-electron chi connectivity index (χ2n) is 10.5. The van der Waals surface area contributed by atoms with Crippen molar-refractivity contribution in [3.8, 4) is 5.75 Å². The highest BCUT2D eigenvalue weighted by Gasteiger charge is 2.35. The van der Waals surface area contributed by atoms with Gasteiger partial charge in [0, 0.05) is 19.5 Å². The van der Waals surface area contributed by atoms with Gasteiger partial charge in [-0.1, -0.05) is 43.3 Å². The topological polar surface area (TPSA) is 134 Å². The van der Waals surface area contributed by atoms with E-state index < -0.39 is 41.6 Å². The largest absolute Gasteiger partial charge is 0.508 e. The van der Waals surface area contributed by atoms with Gasteiger partial charge < -0.3 is 30.1 Å². The molecule has 0 aliphatic carbocycles. The molecule has 10 nitrogen and oxygen atoms in total. The fraction of sp³-hybridized carbons (Fsp3) is 0.484. The number of hydrogen-bond acceptors (Lipinski definition) is 7. The summed E-state index contributed by atoms with van der Waals surface area (Å²) in [6.45, 7) is 11.1. The molecule has 2 atom stereocenters. The maximum absolute atomic E-state index is 14.1. The van der Waals surface area contributed by atoms with Crippen LogP contribution < -0.4 is 10.6 Å². The van der Waals surface area contributed by atoms with Gasteiger partial charge in [-0.2, -0.15) is 0 Å².